The van der Waals surface area contributed by atoms with Gasteiger partial charge in [0, 0.05) is 13.0 Å². The molecule has 19 heavy (non-hydrogen) atoms. The first kappa shape index (κ1) is 15.1. The number of rotatable bonds is 8. The Labute approximate surface area is 111 Å². The highest BCUT2D eigenvalue weighted by Crippen LogP contribution is 2.25. The van der Waals surface area contributed by atoms with Crippen molar-refractivity contribution in [2.24, 2.45) is 5.41 Å². The molecule has 1 aromatic rings. The molecule has 8 nitrogen and oxygen atoms in total. The van der Waals surface area contributed by atoms with E-state index in [2.05, 4.69) is 20.8 Å². The fourth-order valence-corrected chi connectivity index (χ4v) is 1.57. The summed E-state index contributed by atoms with van der Waals surface area (Å²) in [7, 11) is 0. The molecular weight excluding hydrogens is 250 g/mol. The van der Waals surface area contributed by atoms with Crippen LogP contribution in [0.15, 0.2) is 6.33 Å². The van der Waals surface area contributed by atoms with E-state index in [0.29, 0.717) is 13.0 Å². The predicted octanol–water partition coefficient (Wildman–Crippen LogP) is 0.0704. The quantitative estimate of drug-likeness (QED) is 0.691. The van der Waals surface area contributed by atoms with Gasteiger partial charge >= 0.3 is 5.97 Å². The van der Waals surface area contributed by atoms with E-state index in [9.17, 15) is 9.59 Å². The number of carbonyl (C=O) groups is 2. The Bertz CT molecular complexity index is 416. The van der Waals surface area contributed by atoms with Gasteiger partial charge in [0.2, 0.25) is 5.91 Å². The number of aliphatic carboxylic acids is 1. The van der Waals surface area contributed by atoms with Crippen LogP contribution in [0, 0.1) is 5.41 Å². The second-order valence-corrected chi connectivity index (χ2v) is 5.17. The minimum atomic E-state index is -0.796. The van der Waals surface area contributed by atoms with Crippen molar-refractivity contribution in [2.45, 2.75) is 39.7 Å². The molecule has 0 aromatic carbocycles. The van der Waals surface area contributed by atoms with Crippen LogP contribution in [-0.2, 0) is 16.1 Å². The highest BCUT2D eigenvalue weighted by Gasteiger charge is 2.19. The molecule has 0 unspecified atom stereocenters. The molecule has 106 valence electrons. The molecule has 1 aromatic heterocycles. The van der Waals surface area contributed by atoms with Gasteiger partial charge in [-0.2, -0.15) is 0 Å². The molecule has 0 saturated carbocycles. The van der Waals surface area contributed by atoms with Crippen LogP contribution in [0.5, 0.6) is 0 Å². The minimum Gasteiger partial charge on any atom is -0.481 e. The van der Waals surface area contributed by atoms with Crippen LogP contribution < -0.4 is 5.32 Å². The van der Waals surface area contributed by atoms with Crippen molar-refractivity contribution in [3.05, 3.63) is 6.33 Å². The topological polar surface area (TPSA) is 110 Å². The number of carbonyl (C=O) groups excluding carboxylic acids is 1. The second kappa shape index (κ2) is 6.81. The lowest BCUT2D eigenvalue weighted by Gasteiger charge is -2.23. The zero-order chi connectivity index (χ0) is 14.3. The van der Waals surface area contributed by atoms with Gasteiger partial charge in [-0.25, -0.2) is 4.68 Å². The zero-order valence-electron chi connectivity index (χ0n) is 11.2. The Morgan fingerprint density at radius 2 is 2.11 bits per heavy atom. The van der Waals surface area contributed by atoms with E-state index in [1.165, 1.54) is 11.0 Å². The third-order valence-electron chi connectivity index (χ3n) is 2.84. The molecule has 0 aliphatic rings. The van der Waals surface area contributed by atoms with Crippen LogP contribution >= 0.6 is 0 Å². The Kier molecular flexibility index (Phi) is 5.40. The molecule has 1 rings (SSSR count). The molecule has 0 aliphatic heterocycles. The number of carboxylic acids is 1. The van der Waals surface area contributed by atoms with Crippen molar-refractivity contribution in [3.8, 4) is 0 Å². The fourth-order valence-electron chi connectivity index (χ4n) is 1.57. The van der Waals surface area contributed by atoms with Gasteiger partial charge in [-0.15, -0.1) is 5.10 Å². The summed E-state index contributed by atoms with van der Waals surface area (Å²) in [6.45, 7) is 4.57. The largest absolute Gasteiger partial charge is 0.481 e. The second-order valence-electron chi connectivity index (χ2n) is 5.17. The van der Waals surface area contributed by atoms with Crippen molar-refractivity contribution >= 4 is 11.9 Å². The van der Waals surface area contributed by atoms with E-state index in [0.717, 1.165) is 6.42 Å². The number of nitrogens with one attached hydrogen (secondary N) is 1. The number of amides is 1. The van der Waals surface area contributed by atoms with Gasteiger partial charge < -0.3 is 10.4 Å². The van der Waals surface area contributed by atoms with Gasteiger partial charge in [0.25, 0.3) is 0 Å². The molecule has 1 heterocycles. The first-order chi connectivity index (χ1) is 8.89. The maximum atomic E-state index is 11.5. The van der Waals surface area contributed by atoms with Gasteiger partial charge in [0.15, 0.2) is 0 Å². The molecule has 1 amide bonds. The van der Waals surface area contributed by atoms with E-state index >= 15 is 0 Å². The Morgan fingerprint density at radius 3 is 2.68 bits per heavy atom. The van der Waals surface area contributed by atoms with E-state index in [1.807, 2.05) is 13.8 Å². The fraction of sp³-hybridized carbons (Fsp3) is 0.727. The number of nitrogens with zero attached hydrogens (tertiary/aromatic N) is 4. The average molecular weight is 269 g/mol. The molecule has 0 fully saturated rings. The zero-order valence-corrected chi connectivity index (χ0v) is 11.2. The monoisotopic (exact) mass is 269 g/mol. The molecule has 0 bridgehead atoms. The maximum absolute atomic E-state index is 11.5. The number of hydrogen-bond acceptors (Lipinski definition) is 5. The van der Waals surface area contributed by atoms with Crippen molar-refractivity contribution in [1.29, 1.82) is 0 Å². The number of tetrazole rings is 1. The van der Waals surface area contributed by atoms with Crippen molar-refractivity contribution < 1.29 is 14.7 Å². The summed E-state index contributed by atoms with van der Waals surface area (Å²) in [6, 6.07) is 0. The van der Waals surface area contributed by atoms with Gasteiger partial charge in [-0.3, -0.25) is 9.59 Å². The molecule has 0 saturated heterocycles. The average Bonchev–Trinajstić information content (AvgIpc) is 2.79. The van der Waals surface area contributed by atoms with Crippen molar-refractivity contribution in [3.63, 3.8) is 0 Å². The lowest BCUT2D eigenvalue weighted by molar-refractivity contribution is -0.137. The summed E-state index contributed by atoms with van der Waals surface area (Å²) >= 11 is 0. The van der Waals surface area contributed by atoms with Gasteiger partial charge in [0.1, 0.15) is 12.9 Å². The van der Waals surface area contributed by atoms with E-state index in [4.69, 9.17) is 5.11 Å². The Balaban J connectivity index is 2.21. The molecule has 2 N–H and O–H groups in total. The van der Waals surface area contributed by atoms with Crippen LogP contribution in [-0.4, -0.2) is 43.7 Å². The van der Waals surface area contributed by atoms with Crippen LogP contribution in [0.4, 0.5) is 0 Å². The molecule has 0 radical (unpaired) electrons. The highest BCUT2D eigenvalue weighted by molar-refractivity contribution is 5.75. The van der Waals surface area contributed by atoms with Crippen molar-refractivity contribution in [2.75, 3.05) is 6.54 Å². The van der Waals surface area contributed by atoms with E-state index in [-0.39, 0.29) is 24.3 Å². The molecule has 0 aliphatic carbocycles. The smallest absolute Gasteiger partial charge is 0.303 e. The van der Waals surface area contributed by atoms with Crippen LogP contribution in [0.3, 0.4) is 0 Å². The predicted molar refractivity (Wildman–Crippen MR) is 66.1 cm³/mol. The lowest BCUT2D eigenvalue weighted by Crippen LogP contribution is -2.31. The van der Waals surface area contributed by atoms with Gasteiger partial charge in [0.05, 0.1) is 0 Å². The third kappa shape index (κ3) is 6.49. The summed E-state index contributed by atoms with van der Waals surface area (Å²) in [5.74, 6) is -0.961. The maximum Gasteiger partial charge on any atom is 0.303 e. The highest BCUT2D eigenvalue weighted by atomic mass is 16.4. The minimum absolute atomic E-state index is 0.0859. The molecule has 0 atom stereocenters. The van der Waals surface area contributed by atoms with Crippen LogP contribution in [0.1, 0.15) is 33.1 Å². The lowest BCUT2D eigenvalue weighted by atomic mass is 9.84. The normalized spacial score (nSPS) is 11.3. The Morgan fingerprint density at radius 1 is 1.37 bits per heavy atom. The first-order valence-corrected chi connectivity index (χ1v) is 6.08. The van der Waals surface area contributed by atoms with Crippen molar-refractivity contribution in [1.82, 2.24) is 25.5 Å². The Hall–Kier alpha value is -1.99. The van der Waals surface area contributed by atoms with Gasteiger partial charge in [-0.1, -0.05) is 13.8 Å². The van der Waals surface area contributed by atoms with Crippen LogP contribution in [0.2, 0.25) is 0 Å². The summed E-state index contributed by atoms with van der Waals surface area (Å²) < 4.78 is 1.34. The van der Waals surface area contributed by atoms with E-state index in [1.54, 1.807) is 0 Å². The first-order valence-electron chi connectivity index (χ1n) is 6.08. The summed E-state index contributed by atoms with van der Waals surface area (Å²) in [5.41, 5.74) is -0.111. The molecular formula is C11H19N5O3. The molecule has 0 spiro atoms. The number of carboxylic acid groups (broad SMARTS) is 1. The van der Waals surface area contributed by atoms with Gasteiger partial charge in [-0.05, 0) is 28.7 Å². The van der Waals surface area contributed by atoms with Crippen LogP contribution in [0.25, 0.3) is 0 Å². The summed E-state index contributed by atoms with van der Waals surface area (Å²) in [4.78, 5) is 22.1. The standard InChI is InChI=1S/C11H19N5O3/c1-11(2,4-3-10(18)19)5-6-12-9(17)7-16-8-13-14-15-16/h8H,3-7H2,1-2H3,(H,12,17)(H,18,19). The number of aromatic nitrogens is 4. The summed E-state index contributed by atoms with van der Waals surface area (Å²) in [6.07, 6.45) is 2.83. The third-order valence-corrected chi connectivity index (χ3v) is 2.84. The summed E-state index contributed by atoms with van der Waals surface area (Å²) in [5, 5.41) is 21.9. The number of hydrogen-bond donors (Lipinski definition) is 2. The SMILES string of the molecule is CC(C)(CCNC(=O)Cn1cnnn1)CCC(=O)O. The molecule has 8 heteroatoms. The van der Waals surface area contributed by atoms with E-state index < -0.39 is 5.97 Å².